The van der Waals surface area contributed by atoms with Crippen LogP contribution < -0.4 is 14.8 Å². The van der Waals surface area contributed by atoms with Crippen LogP contribution >= 0.6 is 0 Å². The van der Waals surface area contributed by atoms with E-state index in [4.69, 9.17) is 14.6 Å². The van der Waals surface area contributed by atoms with Gasteiger partial charge in [0.1, 0.15) is 0 Å². The zero-order valence-electron chi connectivity index (χ0n) is 16.7. The van der Waals surface area contributed by atoms with E-state index >= 15 is 0 Å². The quantitative estimate of drug-likeness (QED) is 0.862. The lowest BCUT2D eigenvalue weighted by atomic mass is 10.0. The number of piperidine rings is 1. The van der Waals surface area contributed by atoms with Crippen LogP contribution in [-0.4, -0.2) is 53.1 Å². The lowest BCUT2D eigenvalue weighted by molar-refractivity contribution is 0.189. The number of benzene rings is 1. The van der Waals surface area contributed by atoms with Crippen molar-refractivity contribution in [2.45, 2.75) is 50.7 Å². The lowest BCUT2D eigenvalue weighted by Crippen LogP contribution is -2.43. The van der Waals surface area contributed by atoms with E-state index in [0.717, 1.165) is 41.8 Å². The Balaban J connectivity index is 1.27. The molecule has 0 radical (unpaired) electrons. The first-order valence-corrected chi connectivity index (χ1v) is 10.7. The Bertz CT molecular complexity index is 822. The summed E-state index contributed by atoms with van der Waals surface area (Å²) in [7, 11) is 1.99. The highest BCUT2D eigenvalue weighted by Crippen LogP contribution is 2.35. The summed E-state index contributed by atoms with van der Waals surface area (Å²) in [5, 5.41) is 8.51. The molecule has 6 heteroatoms. The zero-order valence-corrected chi connectivity index (χ0v) is 16.7. The van der Waals surface area contributed by atoms with Crippen molar-refractivity contribution in [3.63, 3.8) is 0 Å². The third-order valence-electron chi connectivity index (χ3n) is 6.10. The van der Waals surface area contributed by atoms with E-state index in [1.807, 2.05) is 17.8 Å². The molecule has 0 amide bonds. The molecule has 0 spiro atoms. The fourth-order valence-electron chi connectivity index (χ4n) is 4.38. The number of hydrogen-bond acceptors (Lipinski definition) is 5. The van der Waals surface area contributed by atoms with E-state index in [-0.39, 0.29) is 0 Å². The molecule has 28 heavy (non-hydrogen) atoms. The van der Waals surface area contributed by atoms with Crippen LogP contribution in [0.1, 0.15) is 37.7 Å². The summed E-state index contributed by atoms with van der Waals surface area (Å²) in [6.07, 6.45) is 8.36. The normalized spacial score (nSPS) is 20.9. The number of aryl methyl sites for hydroxylation is 1. The van der Waals surface area contributed by atoms with Gasteiger partial charge in [-0.15, -0.1) is 0 Å². The number of aromatic nitrogens is 2. The second kappa shape index (κ2) is 7.76. The first-order valence-electron chi connectivity index (χ1n) is 10.7. The summed E-state index contributed by atoms with van der Waals surface area (Å²) in [6.45, 7) is 4.75. The molecule has 2 fully saturated rings. The molecule has 1 saturated carbocycles. The molecule has 1 aromatic carbocycles. The number of rotatable bonds is 5. The van der Waals surface area contributed by atoms with Crippen molar-refractivity contribution in [1.29, 1.82) is 0 Å². The van der Waals surface area contributed by atoms with Crippen LogP contribution in [0.3, 0.4) is 0 Å². The Morgan fingerprint density at radius 3 is 2.64 bits per heavy atom. The number of nitrogens with zero attached hydrogens (tertiary/aromatic N) is 3. The largest absolute Gasteiger partial charge is 0.490 e. The maximum Gasteiger partial charge on any atom is 0.161 e. The molecular formula is C22H30N4O2. The smallest absolute Gasteiger partial charge is 0.161 e. The van der Waals surface area contributed by atoms with Gasteiger partial charge in [-0.1, -0.05) is 0 Å². The van der Waals surface area contributed by atoms with E-state index in [2.05, 4.69) is 28.5 Å². The van der Waals surface area contributed by atoms with Gasteiger partial charge in [-0.2, -0.15) is 5.10 Å². The van der Waals surface area contributed by atoms with Crippen LogP contribution in [-0.2, 0) is 13.6 Å². The summed E-state index contributed by atoms with van der Waals surface area (Å²) in [4.78, 5) is 2.67. The maximum atomic E-state index is 5.87. The van der Waals surface area contributed by atoms with Gasteiger partial charge in [-0.25, -0.2) is 0 Å². The maximum absolute atomic E-state index is 5.87. The van der Waals surface area contributed by atoms with Crippen LogP contribution in [0.2, 0.25) is 0 Å². The van der Waals surface area contributed by atoms with Crippen LogP contribution in [0.25, 0.3) is 11.3 Å². The van der Waals surface area contributed by atoms with Crippen molar-refractivity contribution in [2.75, 3.05) is 26.3 Å². The van der Waals surface area contributed by atoms with Crippen molar-refractivity contribution in [3.05, 3.63) is 30.0 Å². The molecule has 0 bridgehead atoms. The number of nitrogens with one attached hydrogen (secondary N) is 1. The summed E-state index contributed by atoms with van der Waals surface area (Å²) in [5.74, 6) is 1.66. The summed E-state index contributed by atoms with van der Waals surface area (Å²) in [5.41, 5.74) is 3.35. The minimum Gasteiger partial charge on any atom is -0.490 e. The molecule has 2 aliphatic heterocycles. The fraction of sp³-hybridized carbons (Fsp3) is 0.591. The van der Waals surface area contributed by atoms with Gasteiger partial charge in [0.05, 0.1) is 18.9 Å². The Hall–Kier alpha value is -2.05. The first-order chi connectivity index (χ1) is 13.8. The van der Waals surface area contributed by atoms with Crippen molar-refractivity contribution in [1.82, 2.24) is 20.0 Å². The van der Waals surface area contributed by atoms with Gasteiger partial charge in [0.25, 0.3) is 0 Å². The molecule has 1 saturated heterocycles. The van der Waals surface area contributed by atoms with Gasteiger partial charge >= 0.3 is 0 Å². The van der Waals surface area contributed by atoms with Gasteiger partial charge in [0.2, 0.25) is 0 Å². The number of fused-ring (bicyclic) bond motifs is 1. The number of hydrogen-bond donors (Lipinski definition) is 1. The summed E-state index contributed by atoms with van der Waals surface area (Å²) >= 11 is 0. The van der Waals surface area contributed by atoms with E-state index in [9.17, 15) is 0 Å². The highest BCUT2D eigenvalue weighted by atomic mass is 16.5. The minimum absolute atomic E-state index is 0.604. The van der Waals surface area contributed by atoms with Crippen molar-refractivity contribution in [3.8, 4) is 22.8 Å². The van der Waals surface area contributed by atoms with E-state index in [0.29, 0.717) is 19.3 Å². The highest BCUT2D eigenvalue weighted by molar-refractivity contribution is 5.66. The topological polar surface area (TPSA) is 51.6 Å². The summed E-state index contributed by atoms with van der Waals surface area (Å²) in [6, 6.07) is 7.67. The van der Waals surface area contributed by atoms with Crippen molar-refractivity contribution in [2.24, 2.45) is 7.05 Å². The zero-order chi connectivity index (χ0) is 18.9. The molecule has 2 aromatic rings. The molecule has 1 aliphatic carbocycles. The molecule has 1 aromatic heterocycles. The Morgan fingerprint density at radius 2 is 1.86 bits per heavy atom. The Morgan fingerprint density at radius 1 is 1.07 bits per heavy atom. The number of likely N-dealkylation sites (tertiary alicyclic amines) is 1. The molecule has 0 atom stereocenters. The molecule has 1 N–H and O–H groups in total. The standard InChI is InChI=1S/C22H30N4O2/c1-25-15-17(14-23-18-7-9-26(10-8-18)19-4-5-19)22(24-25)16-3-6-20-21(13-16)28-12-2-11-27-20/h3,6,13,15,18-19,23H,2,4-5,7-12,14H2,1H3. The highest BCUT2D eigenvalue weighted by Gasteiger charge is 2.31. The van der Waals surface area contributed by atoms with Crippen LogP contribution in [0.4, 0.5) is 0 Å². The average Bonchev–Trinajstić information content (AvgIpc) is 3.52. The van der Waals surface area contributed by atoms with Gasteiger partial charge in [-0.05, 0) is 57.0 Å². The van der Waals surface area contributed by atoms with Crippen LogP contribution in [0.15, 0.2) is 24.4 Å². The molecule has 5 rings (SSSR count). The molecule has 3 aliphatic rings. The predicted octanol–water partition coefficient (Wildman–Crippen LogP) is 2.96. The predicted molar refractivity (Wildman–Crippen MR) is 109 cm³/mol. The molecule has 6 nitrogen and oxygen atoms in total. The van der Waals surface area contributed by atoms with E-state index < -0.39 is 0 Å². The van der Waals surface area contributed by atoms with Gasteiger partial charge in [-0.3, -0.25) is 4.68 Å². The third-order valence-corrected chi connectivity index (χ3v) is 6.10. The van der Waals surface area contributed by atoms with Crippen LogP contribution in [0, 0.1) is 0 Å². The second-order valence-electron chi connectivity index (χ2n) is 8.31. The van der Waals surface area contributed by atoms with Crippen molar-refractivity contribution >= 4 is 0 Å². The third kappa shape index (κ3) is 3.89. The monoisotopic (exact) mass is 382 g/mol. The Labute approximate surface area is 166 Å². The lowest BCUT2D eigenvalue weighted by Gasteiger charge is -2.32. The first kappa shape index (κ1) is 18.0. The molecule has 150 valence electrons. The Kier molecular flexibility index (Phi) is 4.99. The van der Waals surface area contributed by atoms with Gasteiger partial charge in [0, 0.05) is 49.4 Å². The van der Waals surface area contributed by atoms with Crippen molar-refractivity contribution < 1.29 is 9.47 Å². The molecule has 0 unspecified atom stereocenters. The fourth-order valence-corrected chi connectivity index (χ4v) is 4.38. The second-order valence-corrected chi connectivity index (χ2v) is 8.31. The molecule has 3 heterocycles. The van der Waals surface area contributed by atoms with Gasteiger partial charge in [0.15, 0.2) is 11.5 Å². The SMILES string of the molecule is Cn1cc(CNC2CCN(C3CC3)CC2)c(-c2ccc3c(c2)OCCCO3)n1. The minimum atomic E-state index is 0.604. The van der Waals surface area contributed by atoms with Crippen LogP contribution in [0.5, 0.6) is 11.5 Å². The van der Waals surface area contributed by atoms with E-state index in [1.54, 1.807) is 0 Å². The summed E-state index contributed by atoms with van der Waals surface area (Å²) < 4.78 is 13.5. The van der Waals surface area contributed by atoms with E-state index in [1.165, 1.54) is 44.3 Å². The average molecular weight is 383 g/mol. The molecular weight excluding hydrogens is 352 g/mol. The van der Waals surface area contributed by atoms with Gasteiger partial charge < -0.3 is 19.7 Å². The number of ether oxygens (including phenoxy) is 2.